The Kier molecular flexibility index (Phi) is 2.49. The number of hydrogen-bond donors (Lipinski definition) is 1. The van der Waals surface area contributed by atoms with Gasteiger partial charge < -0.3 is 4.74 Å². The Morgan fingerprint density at radius 1 is 1.71 bits per heavy atom. The maximum Gasteiger partial charge on any atom is 0.327 e. The van der Waals surface area contributed by atoms with Gasteiger partial charge in [0.25, 0.3) is 0 Å². The summed E-state index contributed by atoms with van der Waals surface area (Å²) < 4.78 is 4.87. The molecule has 0 spiro atoms. The lowest BCUT2D eigenvalue weighted by Gasteiger charge is -2.51. The minimum absolute atomic E-state index is 0.103. The highest BCUT2D eigenvalue weighted by molar-refractivity contribution is 5.81. The molecule has 3 rings (SSSR count). The van der Waals surface area contributed by atoms with Crippen LogP contribution in [0.1, 0.15) is 19.8 Å². The fraction of sp³-hybridized carbons (Fsp3) is 0.900. The lowest BCUT2D eigenvalue weighted by Crippen LogP contribution is -2.71. The number of nitrogens with zero attached hydrogens (tertiary/aromatic N) is 1. The molecule has 1 N–H and O–H groups in total. The summed E-state index contributed by atoms with van der Waals surface area (Å²) in [6.07, 6.45) is 2.02. The minimum atomic E-state index is -0.417. The third-order valence-corrected chi connectivity index (χ3v) is 3.55. The monoisotopic (exact) mass is 198 g/mol. The lowest BCUT2D eigenvalue weighted by atomic mass is 9.81. The van der Waals surface area contributed by atoms with Crippen LogP contribution in [0, 0.1) is 0 Å². The summed E-state index contributed by atoms with van der Waals surface area (Å²) in [5.41, 5.74) is -0.417. The van der Waals surface area contributed by atoms with Crippen molar-refractivity contribution in [1.29, 1.82) is 0 Å². The number of esters is 1. The van der Waals surface area contributed by atoms with Gasteiger partial charge in [0.1, 0.15) is 5.54 Å². The van der Waals surface area contributed by atoms with E-state index in [2.05, 4.69) is 17.1 Å². The first-order chi connectivity index (χ1) is 6.72. The van der Waals surface area contributed by atoms with E-state index in [1.165, 1.54) is 7.11 Å². The second-order valence-corrected chi connectivity index (χ2v) is 4.21. The van der Waals surface area contributed by atoms with E-state index < -0.39 is 5.54 Å². The van der Waals surface area contributed by atoms with E-state index in [0.717, 1.165) is 32.5 Å². The number of methoxy groups -OCH3 is 1. The van der Waals surface area contributed by atoms with Crippen molar-refractivity contribution >= 4 is 5.97 Å². The first kappa shape index (κ1) is 9.93. The van der Waals surface area contributed by atoms with Crippen LogP contribution in [-0.2, 0) is 9.53 Å². The Morgan fingerprint density at radius 3 is 3.00 bits per heavy atom. The molecule has 3 fully saturated rings. The van der Waals surface area contributed by atoms with Crippen LogP contribution < -0.4 is 5.32 Å². The highest BCUT2D eigenvalue weighted by Gasteiger charge is 2.49. The standard InChI is InChI=1S/C10H18N2O2/c1-3-12-7-10(9(13)14-2)5-4-8(12)6-11-10/h8,11H,3-7H2,1-2H3. The number of hydrogen-bond acceptors (Lipinski definition) is 4. The van der Waals surface area contributed by atoms with Crippen LogP contribution >= 0.6 is 0 Å². The Balaban J connectivity index is 2.15. The van der Waals surface area contributed by atoms with Crippen molar-refractivity contribution in [1.82, 2.24) is 10.2 Å². The molecular formula is C10H18N2O2. The molecule has 2 unspecified atom stereocenters. The average Bonchev–Trinajstić information content (AvgIpc) is 2.29. The van der Waals surface area contributed by atoms with Crippen molar-refractivity contribution in [3.63, 3.8) is 0 Å². The lowest BCUT2D eigenvalue weighted by molar-refractivity contribution is -0.155. The fourth-order valence-corrected chi connectivity index (χ4v) is 2.64. The summed E-state index contributed by atoms with van der Waals surface area (Å²) >= 11 is 0. The number of likely N-dealkylation sites (N-methyl/N-ethyl adjacent to an activating group) is 1. The molecule has 0 aromatic carbocycles. The van der Waals surface area contributed by atoms with Crippen LogP contribution in [0.5, 0.6) is 0 Å². The van der Waals surface area contributed by atoms with Crippen LogP contribution in [-0.4, -0.2) is 49.2 Å². The summed E-state index contributed by atoms with van der Waals surface area (Å²) in [7, 11) is 1.47. The van der Waals surface area contributed by atoms with Crippen LogP contribution in [0.3, 0.4) is 0 Å². The smallest absolute Gasteiger partial charge is 0.327 e. The number of fused-ring (bicyclic) bond motifs is 3. The normalized spacial score (nSPS) is 37.1. The van der Waals surface area contributed by atoms with Gasteiger partial charge in [-0.1, -0.05) is 6.92 Å². The number of nitrogens with one attached hydrogen (secondary N) is 1. The number of rotatable bonds is 2. The molecule has 2 atom stereocenters. The molecule has 3 saturated heterocycles. The predicted octanol–water partition coefficient (Wildman–Crippen LogP) is -0.0143. The zero-order valence-electron chi connectivity index (χ0n) is 8.88. The van der Waals surface area contributed by atoms with Gasteiger partial charge in [-0.2, -0.15) is 0 Å². The summed E-state index contributed by atoms with van der Waals surface area (Å²) in [5, 5.41) is 3.33. The Hall–Kier alpha value is -0.610. The van der Waals surface area contributed by atoms with Crippen LogP contribution in [0.25, 0.3) is 0 Å². The number of carbonyl (C=O) groups excluding carboxylic acids is 1. The van der Waals surface area contributed by atoms with Gasteiger partial charge in [0.2, 0.25) is 0 Å². The van der Waals surface area contributed by atoms with Gasteiger partial charge in [0.15, 0.2) is 0 Å². The zero-order chi connectivity index (χ0) is 10.2. The van der Waals surface area contributed by atoms with Crippen LogP contribution in [0.2, 0.25) is 0 Å². The molecule has 80 valence electrons. The van der Waals surface area contributed by atoms with Gasteiger partial charge in [-0.05, 0) is 19.4 Å². The Bertz CT molecular complexity index is 234. The number of carbonyl (C=O) groups is 1. The molecule has 3 aliphatic heterocycles. The first-order valence-electron chi connectivity index (χ1n) is 5.29. The van der Waals surface area contributed by atoms with E-state index >= 15 is 0 Å². The van der Waals surface area contributed by atoms with E-state index in [0.29, 0.717) is 6.04 Å². The van der Waals surface area contributed by atoms with E-state index in [-0.39, 0.29) is 5.97 Å². The summed E-state index contributed by atoms with van der Waals surface area (Å²) in [5.74, 6) is -0.103. The molecule has 0 radical (unpaired) electrons. The quantitative estimate of drug-likeness (QED) is 0.633. The zero-order valence-corrected chi connectivity index (χ0v) is 8.88. The summed E-state index contributed by atoms with van der Waals surface area (Å²) in [6.45, 7) is 4.89. The fourth-order valence-electron chi connectivity index (χ4n) is 2.64. The number of ether oxygens (including phenoxy) is 1. The van der Waals surface area contributed by atoms with Crippen molar-refractivity contribution in [3.05, 3.63) is 0 Å². The van der Waals surface area contributed by atoms with Crippen molar-refractivity contribution in [3.8, 4) is 0 Å². The minimum Gasteiger partial charge on any atom is -0.468 e. The topological polar surface area (TPSA) is 41.6 Å². The van der Waals surface area contributed by atoms with Gasteiger partial charge in [0, 0.05) is 19.1 Å². The summed E-state index contributed by atoms with van der Waals surface area (Å²) in [6, 6.07) is 0.617. The molecular weight excluding hydrogens is 180 g/mol. The van der Waals surface area contributed by atoms with E-state index in [4.69, 9.17) is 4.74 Å². The molecule has 3 heterocycles. The molecule has 0 aromatic rings. The van der Waals surface area contributed by atoms with E-state index in [9.17, 15) is 4.79 Å². The molecule has 14 heavy (non-hydrogen) atoms. The van der Waals surface area contributed by atoms with E-state index in [1.807, 2.05) is 0 Å². The highest BCUT2D eigenvalue weighted by Crippen LogP contribution is 2.31. The Labute approximate surface area is 84.6 Å². The molecule has 0 saturated carbocycles. The van der Waals surface area contributed by atoms with Gasteiger partial charge in [-0.15, -0.1) is 0 Å². The van der Waals surface area contributed by atoms with Gasteiger partial charge >= 0.3 is 5.97 Å². The predicted molar refractivity (Wildman–Crippen MR) is 53.0 cm³/mol. The molecule has 0 aromatic heterocycles. The van der Waals surface area contributed by atoms with Crippen molar-refractivity contribution in [2.24, 2.45) is 0 Å². The maximum atomic E-state index is 11.7. The second kappa shape index (κ2) is 3.51. The summed E-state index contributed by atoms with van der Waals surface area (Å²) in [4.78, 5) is 14.1. The molecule has 3 aliphatic rings. The SMILES string of the molecule is CCN1CC2(C(=O)OC)CCC1CN2. The molecule has 0 aliphatic carbocycles. The molecule has 2 bridgehead atoms. The van der Waals surface area contributed by atoms with Crippen molar-refractivity contribution in [2.45, 2.75) is 31.3 Å². The number of piperazine rings is 1. The highest BCUT2D eigenvalue weighted by atomic mass is 16.5. The third kappa shape index (κ3) is 1.33. The van der Waals surface area contributed by atoms with Gasteiger partial charge in [-0.3, -0.25) is 15.0 Å². The second-order valence-electron chi connectivity index (χ2n) is 4.21. The first-order valence-corrected chi connectivity index (χ1v) is 5.29. The Morgan fingerprint density at radius 2 is 2.50 bits per heavy atom. The largest absolute Gasteiger partial charge is 0.468 e. The van der Waals surface area contributed by atoms with Crippen LogP contribution in [0.4, 0.5) is 0 Å². The average molecular weight is 198 g/mol. The van der Waals surface area contributed by atoms with Gasteiger partial charge in [0.05, 0.1) is 7.11 Å². The van der Waals surface area contributed by atoms with Crippen molar-refractivity contribution in [2.75, 3.05) is 26.7 Å². The molecule has 4 heteroatoms. The molecule has 4 nitrogen and oxygen atoms in total. The van der Waals surface area contributed by atoms with Crippen molar-refractivity contribution < 1.29 is 9.53 Å². The third-order valence-electron chi connectivity index (χ3n) is 3.55. The molecule has 0 amide bonds. The number of piperidine rings is 2. The maximum absolute atomic E-state index is 11.7. The van der Waals surface area contributed by atoms with Gasteiger partial charge in [-0.25, -0.2) is 0 Å². The van der Waals surface area contributed by atoms with E-state index in [1.54, 1.807) is 0 Å². The van der Waals surface area contributed by atoms with Crippen LogP contribution in [0.15, 0.2) is 0 Å².